The topological polar surface area (TPSA) is 82.4 Å². The van der Waals surface area contributed by atoms with Gasteiger partial charge in [0, 0.05) is 24.3 Å². The predicted molar refractivity (Wildman–Crippen MR) is 63.8 cm³/mol. The van der Waals surface area contributed by atoms with Crippen LogP contribution in [0, 0.1) is 0 Å². The zero-order chi connectivity index (χ0) is 13.1. The van der Waals surface area contributed by atoms with Gasteiger partial charge in [0.2, 0.25) is 0 Å². The summed E-state index contributed by atoms with van der Waals surface area (Å²) in [5.41, 5.74) is 0.839. The van der Waals surface area contributed by atoms with E-state index in [1.165, 1.54) is 0 Å². The maximum atomic E-state index is 11.7. The lowest BCUT2D eigenvalue weighted by atomic mass is 10.2. The molecule has 0 bridgehead atoms. The number of rotatable bonds is 5. The molecule has 0 spiro atoms. The van der Waals surface area contributed by atoms with Crippen molar-refractivity contribution in [1.29, 1.82) is 0 Å². The van der Waals surface area contributed by atoms with Crippen LogP contribution in [0.1, 0.15) is 18.2 Å². The molecule has 1 aliphatic heterocycles. The van der Waals surface area contributed by atoms with Crippen LogP contribution in [0.4, 0.5) is 0 Å². The molecule has 18 heavy (non-hydrogen) atoms. The second-order valence-electron chi connectivity index (χ2n) is 4.19. The zero-order valence-corrected chi connectivity index (χ0v) is 10.2. The van der Waals surface area contributed by atoms with Crippen molar-refractivity contribution in [2.24, 2.45) is 0 Å². The summed E-state index contributed by atoms with van der Waals surface area (Å²) in [6.45, 7) is 2.99. The van der Waals surface area contributed by atoms with Crippen LogP contribution in [0.2, 0.25) is 0 Å². The van der Waals surface area contributed by atoms with Crippen molar-refractivity contribution in [2.75, 3.05) is 13.2 Å². The first-order valence-electron chi connectivity index (χ1n) is 5.88. The molecule has 2 unspecified atom stereocenters. The van der Waals surface area contributed by atoms with Crippen LogP contribution >= 0.6 is 0 Å². The molecule has 0 aliphatic carbocycles. The minimum absolute atomic E-state index is 0.190. The SMILES string of the molecule is CCOC(=O)C1CN1Cc1ccc(CO)[nH]c1=O. The maximum absolute atomic E-state index is 11.7. The molecule has 6 heteroatoms. The summed E-state index contributed by atoms with van der Waals surface area (Å²) < 4.78 is 4.90. The van der Waals surface area contributed by atoms with E-state index in [1.807, 2.05) is 4.90 Å². The Morgan fingerprint density at radius 1 is 1.61 bits per heavy atom. The Labute approximate surface area is 104 Å². The molecule has 2 rings (SSSR count). The van der Waals surface area contributed by atoms with Gasteiger partial charge in [-0.3, -0.25) is 14.5 Å². The lowest BCUT2D eigenvalue weighted by Gasteiger charge is -2.04. The highest BCUT2D eigenvalue weighted by molar-refractivity contribution is 5.79. The monoisotopic (exact) mass is 252 g/mol. The number of aliphatic hydroxyl groups is 1. The first-order chi connectivity index (χ1) is 8.65. The first-order valence-corrected chi connectivity index (χ1v) is 5.88. The number of pyridine rings is 1. The highest BCUT2D eigenvalue weighted by atomic mass is 16.5. The van der Waals surface area contributed by atoms with Crippen molar-refractivity contribution < 1.29 is 14.6 Å². The van der Waals surface area contributed by atoms with E-state index < -0.39 is 0 Å². The molecule has 2 N–H and O–H groups in total. The summed E-state index contributed by atoms with van der Waals surface area (Å²) in [6.07, 6.45) is 0. The van der Waals surface area contributed by atoms with Crippen LogP contribution in [0.25, 0.3) is 0 Å². The fourth-order valence-corrected chi connectivity index (χ4v) is 1.79. The summed E-state index contributed by atoms with van der Waals surface area (Å²) in [5, 5.41) is 8.88. The van der Waals surface area contributed by atoms with E-state index in [-0.39, 0.29) is 24.2 Å². The Balaban J connectivity index is 1.96. The number of ether oxygens (including phenoxy) is 1. The van der Waals surface area contributed by atoms with Gasteiger partial charge in [0.1, 0.15) is 6.04 Å². The van der Waals surface area contributed by atoms with Gasteiger partial charge in [-0.15, -0.1) is 0 Å². The first kappa shape index (κ1) is 12.8. The van der Waals surface area contributed by atoms with E-state index in [1.54, 1.807) is 19.1 Å². The van der Waals surface area contributed by atoms with Crippen molar-refractivity contribution in [1.82, 2.24) is 9.88 Å². The number of aromatic amines is 1. The Bertz CT molecular complexity index is 497. The highest BCUT2D eigenvalue weighted by Crippen LogP contribution is 2.21. The van der Waals surface area contributed by atoms with Gasteiger partial charge in [-0.05, 0) is 13.0 Å². The molecule has 1 fully saturated rings. The third-order valence-corrected chi connectivity index (χ3v) is 2.87. The van der Waals surface area contributed by atoms with E-state index >= 15 is 0 Å². The van der Waals surface area contributed by atoms with Crippen LogP contribution in [0.3, 0.4) is 0 Å². The van der Waals surface area contributed by atoms with Crippen LogP contribution < -0.4 is 5.56 Å². The van der Waals surface area contributed by atoms with Crippen molar-refractivity contribution in [3.63, 3.8) is 0 Å². The molecule has 0 amide bonds. The number of esters is 1. The second-order valence-corrected chi connectivity index (χ2v) is 4.19. The number of nitrogens with zero attached hydrogens (tertiary/aromatic N) is 1. The van der Waals surface area contributed by atoms with Crippen molar-refractivity contribution >= 4 is 5.97 Å². The molecular weight excluding hydrogens is 236 g/mol. The number of aliphatic hydroxyl groups excluding tert-OH is 1. The fourth-order valence-electron chi connectivity index (χ4n) is 1.79. The number of carbonyl (C=O) groups excluding carboxylic acids is 1. The summed E-state index contributed by atoms with van der Waals surface area (Å²) in [4.78, 5) is 27.5. The molecule has 1 aromatic rings. The Hall–Kier alpha value is -1.66. The van der Waals surface area contributed by atoms with Gasteiger partial charge < -0.3 is 14.8 Å². The fraction of sp³-hybridized carbons (Fsp3) is 0.500. The van der Waals surface area contributed by atoms with E-state index in [0.29, 0.717) is 31.0 Å². The third kappa shape index (κ3) is 2.77. The highest BCUT2D eigenvalue weighted by Gasteiger charge is 2.41. The number of hydrogen-bond acceptors (Lipinski definition) is 5. The summed E-state index contributed by atoms with van der Waals surface area (Å²) in [7, 11) is 0. The van der Waals surface area contributed by atoms with Crippen LogP contribution in [0.5, 0.6) is 0 Å². The van der Waals surface area contributed by atoms with Crippen molar-refractivity contribution in [2.45, 2.75) is 26.1 Å². The number of H-pyrrole nitrogens is 1. The minimum atomic E-state index is -0.235. The Morgan fingerprint density at radius 3 is 3.00 bits per heavy atom. The molecule has 1 aliphatic rings. The quantitative estimate of drug-likeness (QED) is 0.551. The van der Waals surface area contributed by atoms with Crippen molar-refractivity contribution in [3.8, 4) is 0 Å². The average molecular weight is 252 g/mol. The molecule has 1 aromatic heterocycles. The summed E-state index contributed by atoms with van der Waals surface area (Å²) in [5.74, 6) is -0.235. The minimum Gasteiger partial charge on any atom is -0.465 e. The molecule has 2 heterocycles. The van der Waals surface area contributed by atoms with E-state index in [0.717, 1.165) is 0 Å². The van der Waals surface area contributed by atoms with Gasteiger partial charge in [-0.1, -0.05) is 6.07 Å². The molecule has 98 valence electrons. The molecule has 2 atom stereocenters. The number of carbonyl (C=O) groups is 1. The number of nitrogens with one attached hydrogen (secondary N) is 1. The second kappa shape index (κ2) is 5.32. The summed E-state index contributed by atoms with van der Waals surface area (Å²) in [6, 6.07) is 3.12. The van der Waals surface area contributed by atoms with Crippen LogP contribution in [-0.2, 0) is 22.7 Å². The molecule has 0 saturated carbocycles. The number of hydrogen-bond donors (Lipinski definition) is 2. The third-order valence-electron chi connectivity index (χ3n) is 2.87. The largest absolute Gasteiger partial charge is 0.465 e. The van der Waals surface area contributed by atoms with Gasteiger partial charge in [0.15, 0.2) is 0 Å². The predicted octanol–water partition coefficient (Wildman–Crippen LogP) is -0.386. The van der Waals surface area contributed by atoms with E-state index in [9.17, 15) is 9.59 Å². The standard InChI is InChI=1S/C12H16N2O4/c1-2-18-12(17)10-6-14(10)5-8-3-4-9(7-15)13-11(8)16/h3-4,10,15H,2,5-7H2,1H3,(H,13,16). The molecule has 1 saturated heterocycles. The zero-order valence-electron chi connectivity index (χ0n) is 10.2. The average Bonchev–Trinajstić information content (AvgIpc) is 3.11. The normalized spacial score (nSPS) is 21.7. The van der Waals surface area contributed by atoms with Gasteiger partial charge >= 0.3 is 5.97 Å². The smallest absolute Gasteiger partial charge is 0.324 e. The van der Waals surface area contributed by atoms with Gasteiger partial charge in [0.25, 0.3) is 5.56 Å². The lowest BCUT2D eigenvalue weighted by molar-refractivity contribution is -0.143. The van der Waals surface area contributed by atoms with Gasteiger partial charge in [-0.25, -0.2) is 0 Å². The maximum Gasteiger partial charge on any atom is 0.324 e. The Kier molecular flexibility index (Phi) is 3.78. The number of aromatic nitrogens is 1. The Morgan fingerprint density at radius 2 is 2.39 bits per heavy atom. The molecule has 6 nitrogen and oxygen atoms in total. The van der Waals surface area contributed by atoms with Gasteiger partial charge in [-0.2, -0.15) is 0 Å². The molecule has 0 radical (unpaired) electrons. The molecule has 0 aromatic carbocycles. The molecular formula is C12H16N2O4. The summed E-state index contributed by atoms with van der Waals surface area (Å²) >= 11 is 0. The van der Waals surface area contributed by atoms with Gasteiger partial charge in [0.05, 0.1) is 13.2 Å². The van der Waals surface area contributed by atoms with Crippen LogP contribution in [-0.4, -0.2) is 40.2 Å². The van der Waals surface area contributed by atoms with E-state index in [4.69, 9.17) is 9.84 Å². The van der Waals surface area contributed by atoms with Crippen molar-refractivity contribution in [3.05, 3.63) is 33.7 Å². The lowest BCUT2D eigenvalue weighted by Crippen LogP contribution is -2.20. The van der Waals surface area contributed by atoms with Crippen LogP contribution in [0.15, 0.2) is 16.9 Å². The van der Waals surface area contributed by atoms with E-state index in [2.05, 4.69) is 4.98 Å².